The van der Waals surface area contributed by atoms with Gasteiger partial charge >= 0.3 is 12.1 Å². The maximum atomic E-state index is 12.9. The Kier molecular flexibility index (Phi) is 5.52. The van der Waals surface area contributed by atoms with E-state index < -0.39 is 29.8 Å². The van der Waals surface area contributed by atoms with Crippen LogP contribution >= 0.6 is 0 Å². The SMILES string of the molecule is C=C(F)c1ccc(C(C(=O)OCC)[C@@H](C)C(F)(F)F)cc1. The van der Waals surface area contributed by atoms with Crippen molar-refractivity contribution in [2.45, 2.75) is 25.9 Å². The summed E-state index contributed by atoms with van der Waals surface area (Å²) in [6.45, 7) is 5.52. The zero-order chi connectivity index (χ0) is 16.2. The van der Waals surface area contributed by atoms with Crippen molar-refractivity contribution in [3.63, 3.8) is 0 Å². The molecule has 6 heteroatoms. The van der Waals surface area contributed by atoms with Crippen molar-refractivity contribution >= 4 is 11.8 Å². The molecule has 21 heavy (non-hydrogen) atoms. The number of esters is 1. The van der Waals surface area contributed by atoms with E-state index in [9.17, 15) is 22.4 Å². The first-order chi connectivity index (χ1) is 9.68. The molecule has 0 aliphatic rings. The Morgan fingerprint density at radius 1 is 1.29 bits per heavy atom. The fraction of sp³-hybridized carbons (Fsp3) is 0.400. The average molecular weight is 304 g/mol. The van der Waals surface area contributed by atoms with Crippen molar-refractivity contribution in [3.05, 3.63) is 42.0 Å². The van der Waals surface area contributed by atoms with E-state index in [-0.39, 0.29) is 17.7 Å². The summed E-state index contributed by atoms with van der Waals surface area (Å²) in [5, 5.41) is 0. The number of carbonyl (C=O) groups is 1. The summed E-state index contributed by atoms with van der Waals surface area (Å²) in [6, 6.07) is 5.13. The van der Waals surface area contributed by atoms with Crippen LogP contribution in [0.25, 0.3) is 5.83 Å². The summed E-state index contributed by atoms with van der Waals surface area (Å²) in [6.07, 6.45) is -4.54. The minimum atomic E-state index is -4.54. The second kappa shape index (κ2) is 6.74. The van der Waals surface area contributed by atoms with Gasteiger partial charge in [-0.05, 0) is 12.5 Å². The maximum Gasteiger partial charge on any atom is 0.392 e. The first-order valence-electron chi connectivity index (χ1n) is 6.36. The van der Waals surface area contributed by atoms with Gasteiger partial charge in [0.15, 0.2) is 0 Å². The van der Waals surface area contributed by atoms with Gasteiger partial charge in [-0.25, -0.2) is 4.39 Å². The Morgan fingerprint density at radius 2 is 1.81 bits per heavy atom. The summed E-state index contributed by atoms with van der Waals surface area (Å²) in [4.78, 5) is 11.8. The molecule has 0 amide bonds. The Labute approximate surface area is 120 Å². The molecule has 1 aromatic carbocycles. The van der Waals surface area contributed by atoms with Crippen LogP contribution in [0.2, 0.25) is 0 Å². The molecule has 0 heterocycles. The van der Waals surface area contributed by atoms with E-state index >= 15 is 0 Å². The standard InChI is InChI=1S/C15H16F4O2/c1-4-21-14(20)13(9(2)15(17,18)19)12-7-5-11(6-8-12)10(3)16/h5-9,13H,3-4H2,1-2H3/t9-,13?/m1/s1. The summed E-state index contributed by atoms with van der Waals surface area (Å²) < 4.78 is 56.4. The number of ether oxygens (including phenoxy) is 1. The quantitative estimate of drug-likeness (QED) is 0.592. The van der Waals surface area contributed by atoms with Crippen LogP contribution in [0.4, 0.5) is 17.6 Å². The summed E-state index contributed by atoms with van der Waals surface area (Å²) in [7, 11) is 0. The summed E-state index contributed by atoms with van der Waals surface area (Å²) >= 11 is 0. The minimum absolute atomic E-state index is 0.0146. The van der Waals surface area contributed by atoms with Gasteiger partial charge in [-0.1, -0.05) is 37.8 Å². The Hall–Kier alpha value is -1.85. The monoisotopic (exact) mass is 304 g/mol. The van der Waals surface area contributed by atoms with Crippen molar-refractivity contribution in [2.24, 2.45) is 5.92 Å². The molecule has 1 aromatic rings. The first kappa shape index (κ1) is 17.2. The van der Waals surface area contributed by atoms with E-state index in [0.29, 0.717) is 0 Å². The largest absolute Gasteiger partial charge is 0.466 e. The molecule has 116 valence electrons. The molecule has 0 N–H and O–H groups in total. The normalized spacial score (nSPS) is 14.4. The fourth-order valence-corrected chi connectivity index (χ4v) is 1.92. The second-order valence-corrected chi connectivity index (χ2v) is 4.59. The van der Waals surface area contributed by atoms with Crippen LogP contribution in [0.5, 0.6) is 0 Å². The zero-order valence-electron chi connectivity index (χ0n) is 11.7. The van der Waals surface area contributed by atoms with Gasteiger partial charge in [0.05, 0.1) is 18.4 Å². The van der Waals surface area contributed by atoms with Gasteiger partial charge in [0.1, 0.15) is 5.83 Å². The predicted molar refractivity (Wildman–Crippen MR) is 71.2 cm³/mol. The van der Waals surface area contributed by atoms with Gasteiger partial charge in [0.25, 0.3) is 0 Å². The van der Waals surface area contributed by atoms with Gasteiger partial charge in [-0.3, -0.25) is 4.79 Å². The number of hydrogen-bond donors (Lipinski definition) is 0. The number of benzene rings is 1. The summed E-state index contributed by atoms with van der Waals surface area (Å²) in [5.41, 5.74) is 0.282. The molecule has 0 bridgehead atoms. The van der Waals surface area contributed by atoms with Crippen LogP contribution in [0.1, 0.15) is 30.9 Å². The average Bonchev–Trinajstić information content (AvgIpc) is 2.38. The van der Waals surface area contributed by atoms with Crippen molar-refractivity contribution in [2.75, 3.05) is 6.61 Å². The van der Waals surface area contributed by atoms with E-state index in [1.165, 1.54) is 31.2 Å². The predicted octanol–water partition coefficient (Wildman–Crippen LogP) is 4.47. The van der Waals surface area contributed by atoms with Crippen LogP contribution in [0.15, 0.2) is 30.8 Å². The van der Waals surface area contributed by atoms with Gasteiger partial charge < -0.3 is 4.74 Å². The van der Waals surface area contributed by atoms with Crippen LogP contribution in [-0.2, 0) is 9.53 Å². The molecule has 0 aliphatic heterocycles. The van der Waals surface area contributed by atoms with Crippen molar-refractivity contribution in [1.29, 1.82) is 0 Å². The third kappa shape index (κ3) is 4.31. The Bertz CT molecular complexity index is 505. The lowest BCUT2D eigenvalue weighted by atomic mass is 9.86. The lowest BCUT2D eigenvalue weighted by Gasteiger charge is -2.24. The highest BCUT2D eigenvalue weighted by molar-refractivity contribution is 5.79. The number of rotatable bonds is 5. The van der Waals surface area contributed by atoms with E-state index in [1.54, 1.807) is 0 Å². The number of alkyl halides is 3. The number of carbonyl (C=O) groups excluding carboxylic acids is 1. The van der Waals surface area contributed by atoms with Gasteiger partial charge in [-0.15, -0.1) is 0 Å². The lowest BCUT2D eigenvalue weighted by Crippen LogP contribution is -2.32. The van der Waals surface area contributed by atoms with Gasteiger partial charge in [0, 0.05) is 5.56 Å². The molecule has 0 saturated carbocycles. The highest BCUT2D eigenvalue weighted by Gasteiger charge is 2.45. The van der Waals surface area contributed by atoms with E-state index in [0.717, 1.165) is 6.92 Å². The smallest absolute Gasteiger partial charge is 0.392 e. The first-order valence-corrected chi connectivity index (χ1v) is 6.36. The van der Waals surface area contributed by atoms with Gasteiger partial charge in [0.2, 0.25) is 0 Å². The molecule has 0 radical (unpaired) electrons. The van der Waals surface area contributed by atoms with E-state index in [1.807, 2.05) is 0 Å². The highest BCUT2D eigenvalue weighted by atomic mass is 19.4. The Balaban J connectivity index is 3.17. The second-order valence-electron chi connectivity index (χ2n) is 4.59. The topological polar surface area (TPSA) is 26.3 Å². The Morgan fingerprint density at radius 3 is 2.19 bits per heavy atom. The molecular formula is C15H16F4O2. The van der Waals surface area contributed by atoms with Crippen molar-refractivity contribution < 1.29 is 27.1 Å². The van der Waals surface area contributed by atoms with Crippen molar-refractivity contribution in [1.82, 2.24) is 0 Å². The number of hydrogen-bond acceptors (Lipinski definition) is 2. The van der Waals surface area contributed by atoms with Crippen molar-refractivity contribution in [3.8, 4) is 0 Å². The van der Waals surface area contributed by atoms with Crippen LogP contribution < -0.4 is 0 Å². The van der Waals surface area contributed by atoms with Gasteiger partial charge in [-0.2, -0.15) is 13.2 Å². The zero-order valence-corrected chi connectivity index (χ0v) is 11.7. The third-order valence-corrected chi connectivity index (χ3v) is 3.14. The molecule has 0 spiro atoms. The molecule has 0 saturated heterocycles. The minimum Gasteiger partial charge on any atom is -0.466 e. The molecule has 1 rings (SSSR count). The summed E-state index contributed by atoms with van der Waals surface area (Å²) in [5.74, 6) is -5.03. The lowest BCUT2D eigenvalue weighted by molar-refractivity contribution is -0.185. The third-order valence-electron chi connectivity index (χ3n) is 3.14. The number of halogens is 4. The fourth-order valence-electron chi connectivity index (χ4n) is 1.92. The molecular weight excluding hydrogens is 288 g/mol. The molecule has 2 nitrogen and oxygen atoms in total. The van der Waals surface area contributed by atoms with Crippen LogP contribution in [0, 0.1) is 5.92 Å². The molecule has 2 atom stereocenters. The van der Waals surface area contributed by atoms with Crippen LogP contribution in [0.3, 0.4) is 0 Å². The molecule has 1 unspecified atom stereocenters. The molecule has 0 aliphatic carbocycles. The van der Waals surface area contributed by atoms with E-state index in [4.69, 9.17) is 4.74 Å². The molecule has 0 fully saturated rings. The van der Waals surface area contributed by atoms with Crippen LogP contribution in [-0.4, -0.2) is 18.8 Å². The molecule has 0 aromatic heterocycles. The van der Waals surface area contributed by atoms with E-state index in [2.05, 4.69) is 6.58 Å². The highest BCUT2D eigenvalue weighted by Crippen LogP contribution is 2.38. The maximum absolute atomic E-state index is 12.9.